The van der Waals surface area contributed by atoms with Crippen molar-refractivity contribution in [3.05, 3.63) is 59.7 Å². The number of carbonyl (C=O) groups is 3. The number of urea groups is 1. The molecule has 1 unspecified atom stereocenters. The van der Waals surface area contributed by atoms with Crippen LogP contribution in [-0.4, -0.2) is 85.7 Å². The van der Waals surface area contributed by atoms with E-state index in [9.17, 15) is 14.4 Å². The Morgan fingerprint density at radius 1 is 1.11 bits per heavy atom. The number of carbonyl (C=O) groups excluding carboxylic acids is 3. The summed E-state index contributed by atoms with van der Waals surface area (Å²) < 4.78 is 10.6. The van der Waals surface area contributed by atoms with Crippen LogP contribution in [0.25, 0.3) is 0 Å². The molecule has 2 heterocycles. The molecule has 3 amide bonds. The van der Waals surface area contributed by atoms with E-state index in [1.165, 1.54) is 0 Å². The van der Waals surface area contributed by atoms with Gasteiger partial charge in [0.25, 0.3) is 0 Å². The van der Waals surface area contributed by atoms with E-state index < -0.39 is 12.1 Å². The van der Waals surface area contributed by atoms with Crippen LogP contribution in [0.5, 0.6) is 0 Å². The summed E-state index contributed by atoms with van der Waals surface area (Å²) >= 11 is 0. The van der Waals surface area contributed by atoms with E-state index in [-0.39, 0.29) is 24.6 Å². The lowest BCUT2D eigenvalue weighted by Gasteiger charge is -2.35. The summed E-state index contributed by atoms with van der Waals surface area (Å²) in [6.07, 6.45) is -0.686. The monoisotopic (exact) mass is 494 g/mol. The molecule has 0 radical (unpaired) electrons. The fourth-order valence-corrected chi connectivity index (χ4v) is 4.21. The second kappa shape index (κ2) is 11.1. The van der Waals surface area contributed by atoms with E-state index in [2.05, 4.69) is 10.2 Å². The largest absolute Gasteiger partial charge is 0.462 e. The zero-order valence-corrected chi connectivity index (χ0v) is 20.1. The van der Waals surface area contributed by atoms with Crippen LogP contribution in [0.2, 0.25) is 0 Å². The van der Waals surface area contributed by atoms with E-state index in [0.717, 1.165) is 0 Å². The molecule has 2 aliphatic rings. The highest BCUT2D eigenvalue weighted by molar-refractivity contribution is 5.96. The van der Waals surface area contributed by atoms with Crippen molar-refractivity contribution in [2.45, 2.75) is 13.0 Å². The minimum atomic E-state index is -0.429. The van der Waals surface area contributed by atoms with Crippen molar-refractivity contribution in [2.75, 3.05) is 56.1 Å². The molecule has 2 aromatic carbocycles. The SMILES string of the molecule is CCOC(=O)c1cccc(NC(=O)N2CCN(CC3CN(c4ccc(C(=N)N)cc4)C(=O)O3)CC2)c1. The minimum Gasteiger partial charge on any atom is -0.462 e. The lowest BCUT2D eigenvalue weighted by Crippen LogP contribution is -2.51. The number of amides is 3. The van der Waals surface area contributed by atoms with Gasteiger partial charge in [-0.25, -0.2) is 14.4 Å². The van der Waals surface area contributed by atoms with Crippen LogP contribution in [0.4, 0.5) is 21.0 Å². The highest BCUT2D eigenvalue weighted by Crippen LogP contribution is 2.23. The smallest absolute Gasteiger partial charge is 0.414 e. The van der Waals surface area contributed by atoms with E-state index in [4.69, 9.17) is 20.6 Å². The molecule has 2 aromatic rings. The number of piperazine rings is 1. The van der Waals surface area contributed by atoms with Gasteiger partial charge >= 0.3 is 18.1 Å². The number of hydrogen-bond acceptors (Lipinski definition) is 7. The zero-order chi connectivity index (χ0) is 25.7. The molecule has 11 heteroatoms. The maximum Gasteiger partial charge on any atom is 0.414 e. The van der Waals surface area contributed by atoms with Gasteiger partial charge in [0.05, 0.1) is 18.7 Å². The molecule has 0 spiro atoms. The molecule has 2 aliphatic heterocycles. The third-order valence-electron chi connectivity index (χ3n) is 6.11. The number of rotatable bonds is 7. The van der Waals surface area contributed by atoms with Gasteiger partial charge in [-0.15, -0.1) is 0 Å². The Kier molecular flexibility index (Phi) is 7.69. The molecule has 2 saturated heterocycles. The number of ether oxygens (including phenoxy) is 2. The summed E-state index contributed by atoms with van der Waals surface area (Å²) in [7, 11) is 0. The number of nitrogens with two attached hydrogens (primary N) is 1. The standard InChI is InChI=1S/C25H30N6O5/c1-2-35-23(32)18-4-3-5-19(14-18)28-24(33)30-12-10-29(11-13-30)15-21-16-31(25(34)36-21)20-8-6-17(7-9-20)22(26)27/h3-9,14,21H,2,10-13,15-16H2,1H3,(H3,26,27)(H,28,33). The second-order valence-electron chi connectivity index (χ2n) is 8.60. The predicted octanol–water partition coefficient (Wildman–Crippen LogP) is 2.32. The summed E-state index contributed by atoms with van der Waals surface area (Å²) in [5.41, 5.74) is 7.69. The van der Waals surface area contributed by atoms with Crippen LogP contribution in [0.15, 0.2) is 48.5 Å². The van der Waals surface area contributed by atoms with E-state index >= 15 is 0 Å². The molecule has 2 fully saturated rings. The van der Waals surface area contributed by atoms with Crippen molar-refractivity contribution in [3.63, 3.8) is 0 Å². The maximum atomic E-state index is 12.7. The first-order valence-electron chi connectivity index (χ1n) is 11.8. The Balaban J connectivity index is 1.25. The summed E-state index contributed by atoms with van der Waals surface area (Å²) in [5.74, 6) is -0.456. The predicted molar refractivity (Wildman–Crippen MR) is 135 cm³/mol. The van der Waals surface area contributed by atoms with Gasteiger partial charge in [0.1, 0.15) is 11.9 Å². The van der Waals surface area contributed by atoms with E-state index in [1.54, 1.807) is 65.3 Å². The van der Waals surface area contributed by atoms with Crippen LogP contribution in [0.3, 0.4) is 0 Å². The molecule has 0 aliphatic carbocycles. The first kappa shape index (κ1) is 25.0. The quantitative estimate of drug-likeness (QED) is 0.305. The molecule has 36 heavy (non-hydrogen) atoms. The summed E-state index contributed by atoms with van der Waals surface area (Å²) in [6, 6.07) is 13.3. The fraction of sp³-hybridized carbons (Fsp3) is 0.360. The van der Waals surface area contributed by atoms with Gasteiger partial charge in [-0.1, -0.05) is 6.07 Å². The zero-order valence-electron chi connectivity index (χ0n) is 20.1. The molecule has 1 atom stereocenters. The fourth-order valence-electron chi connectivity index (χ4n) is 4.21. The van der Waals surface area contributed by atoms with Crippen LogP contribution in [0, 0.1) is 5.41 Å². The number of esters is 1. The number of hydrogen-bond donors (Lipinski definition) is 3. The second-order valence-corrected chi connectivity index (χ2v) is 8.60. The minimum absolute atomic E-state index is 0.0264. The van der Waals surface area contributed by atoms with Gasteiger partial charge in [0.2, 0.25) is 0 Å². The normalized spacial score (nSPS) is 18.0. The molecule has 0 bridgehead atoms. The number of anilines is 2. The molecule has 0 aromatic heterocycles. The summed E-state index contributed by atoms with van der Waals surface area (Å²) in [6.45, 7) is 5.38. The molecule has 4 N–H and O–H groups in total. The van der Waals surface area contributed by atoms with Crippen LogP contribution in [0.1, 0.15) is 22.8 Å². The maximum absolute atomic E-state index is 12.7. The lowest BCUT2D eigenvalue weighted by atomic mass is 10.2. The summed E-state index contributed by atoms with van der Waals surface area (Å²) in [5, 5.41) is 10.3. The molecule has 4 rings (SSSR count). The molecular weight excluding hydrogens is 464 g/mol. The molecular formula is C25H30N6O5. The van der Waals surface area contributed by atoms with E-state index in [0.29, 0.717) is 61.8 Å². The highest BCUT2D eigenvalue weighted by atomic mass is 16.6. The summed E-state index contributed by atoms with van der Waals surface area (Å²) in [4.78, 5) is 42.5. The van der Waals surface area contributed by atoms with Gasteiger partial charge in [-0.3, -0.25) is 15.2 Å². The van der Waals surface area contributed by atoms with Crippen molar-refractivity contribution < 1.29 is 23.9 Å². The van der Waals surface area contributed by atoms with Gasteiger partial charge in [-0.05, 0) is 49.4 Å². The number of nitrogen functional groups attached to an aromatic ring is 1. The van der Waals surface area contributed by atoms with Gasteiger partial charge in [0, 0.05) is 49.7 Å². The highest BCUT2D eigenvalue weighted by Gasteiger charge is 2.34. The Morgan fingerprint density at radius 3 is 2.50 bits per heavy atom. The average molecular weight is 495 g/mol. The van der Waals surface area contributed by atoms with Crippen molar-refractivity contribution in [2.24, 2.45) is 5.73 Å². The van der Waals surface area contributed by atoms with Crippen LogP contribution in [-0.2, 0) is 9.47 Å². The van der Waals surface area contributed by atoms with Crippen LogP contribution < -0.4 is 16.0 Å². The number of benzene rings is 2. The van der Waals surface area contributed by atoms with Crippen LogP contribution >= 0.6 is 0 Å². The topological polar surface area (TPSA) is 141 Å². The van der Waals surface area contributed by atoms with Gasteiger partial charge in [0.15, 0.2) is 0 Å². The number of cyclic esters (lactones) is 1. The Morgan fingerprint density at radius 2 is 1.83 bits per heavy atom. The van der Waals surface area contributed by atoms with Crippen molar-refractivity contribution in [1.29, 1.82) is 5.41 Å². The molecule has 190 valence electrons. The first-order chi connectivity index (χ1) is 17.3. The van der Waals surface area contributed by atoms with Crippen molar-refractivity contribution in [1.82, 2.24) is 9.80 Å². The number of amidine groups is 1. The number of nitrogens with one attached hydrogen (secondary N) is 2. The van der Waals surface area contributed by atoms with Crippen molar-refractivity contribution >= 4 is 35.3 Å². The van der Waals surface area contributed by atoms with Crippen molar-refractivity contribution in [3.8, 4) is 0 Å². The average Bonchev–Trinajstić information content (AvgIpc) is 3.24. The Labute approximate surface area is 209 Å². The molecule has 11 nitrogen and oxygen atoms in total. The third kappa shape index (κ3) is 5.92. The number of nitrogens with zero attached hydrogens (tertiary/aromatic N) is 3. The Bertz CT molecular complexity index is 1130. The van der Waals surface area contributed by atoms with Gasteiger partial charge in [-0.2, -0.15) is 0 Å². The van der Waals surface area contributed by atoms with Gasteiger partial charge < -0.3 is 25.4 Å². The van der Waals surface area contributed by atoms with E-state index in [1.807, 2.05) is 0 Å². The third-order valence-corrected chi connectivity index (χ3v) is 6.11. The molecule has 0 saturated carbocycles. The Hall–Kier alpha value is -4.12. The lowest BCUT2D eigenvalue weighted by molar-refractivity contribution is 0.0526. The first-order valence-corrected chi connectivity index (χ1v) is 11.8.